The third-order valence-corrected chi connectivity index (χ3v) is 7.46. The van der Waals surface area contributed by atoms with Gasteiger partial charge in [0.2, 0.25) is 0 Å². The second kappa shape index (κ2) is 10.3. The molecule has 5 rings (SSSR count). The highest BCUT2D eigenvalue weighted by Gasteiger charge is 2.38. The number of alkyl halides is 6. The molecule has 1 atom stereocenters. The van der Waals surface area contributed by atoms with Crippen molar-refractivity contribution in [3.05, 3.63) is 69.8 Å². The number of hydrogen-bond donors (Lipinski definition) is 2. The van der Waals surface area contributed by atoms with Crippen LogP contribution in [0.3, 0.4) is 0 Å². The van der Waals surface area contributed by atoms with E-state index in [0.29, 0.717) is 52.2 Å². The summed E-state index contributed by atoms with van der Waals surface area (Å²) in [7, 11) is 0. The average molecular weight is 570 g/mol. The van der Waals surface area contributed by atoms with E-state index < -0.39 is 29.4 Å². The number of piperazine rings is 1. The molecule has 0 spiro atoms. The fourth-order valence-corrected chi connectivity index (χ4v) is 5.50. The lowest BCUT2D eigenvalue weighted by Gasteiger charge is -2.35. The van der Waals surface area contributed by atoms with Gasteiger partial charge in [0.1, 0.15) is 0 Å². The lowest BCUT2D eigenvalue weighted by Crippen LogP contribution is -2.54. The number of amidine groups is 1. The highest BCUT2D eigenvalue weighted by molar-refractivity contribution is 8.18. The number of amides is 1. The predicted octanol–water partition coefficient (Wildman–Crippen LogP) is 4.36. The Bertz CT molecular complexity index is 1480. The standard InChI is InChI=1S/C25H21F6N5O2S/c26-24(27,28)17-3-2-15(19(9-17)25(29,30)31)12-36-20-4-1-14(7-16(20)10-33-36)8-21-22(38)34-23(39-21)35-6-5-32-11-18(35)13-37/h1-4,7-10,18,32,37H,5-6,11-13H2. The van der Waals surface area contributed by atoms with Crippen LogP contribution in [0.1, 0.15) is 22.3 Å². The van der Waals surface area contributed by atoms with Crippen molar-refractivity contribution in [2.24, 2.45) is 4.99 Å². The molecule has 2 aromatic carbocycles. The first-order valence-corrected chi connectivity index (χ1v) is 12.6. The second-order valence-electron chi connectivity index (χ2n) is 9.03. The van der Waals surface area contributed by atoms with Gasteiger partial charge in [0.15, 0.2) is 5.17 Å². The first kappa shape index (κ1) is 27.2. The molecule has 1 aromatic heterocycles. The molecule has 0 aliphatic carbocycles. The van der Waals surface area contributed by atoms with E-state index in [9.17, 15) is 36.2 Å². The molecule has 2 aliphatic rings. The summed E-state index contributed by atoms with van der Waals surface area (Å²) < 4.78 is 81.0. The molecule has 206 valence electrons. The molecule has 3 heterocycles. The van der Waals surface area contributed by atoms with Gasteiger partial charge in [-0.2, -0.15) is 36.4 Å². The van der Waals surface area contributed by atoms with Gasteiger partial charge in [0.05, 0.1) is 46.9 Å². The number of nitrogens with zero attached hydrogens (tertiary/aromatic N) is 4. The summed E-state index contributed by atoms with van der Waals surface area (Å²) in [5.74, 6) is -0.414. The van der Waals surface area contributed by atoms with Crippen molar-refractivity contribution in [1.29, 1.82) is 0 Å². The van der Waals surface area contributed by atoms with Gasteiger partial charge in [-0.3, -0.25) is 9.48 Å². The second-order valence-corrected chi connectivity index (χ2v) is 10.0. The lowest BCUT2D eigenvalue weighted by molar-refractivity contribution is -0.143. The number of aliphatic hydroxyl groups is 1. The molecular weight excluding hydrogens is 548 g/mol. The minimum Gasteiger partial charge on any atom is -0.394 e. The van der Waals surface area contributed by atoms with Crippen molar-refractivity contribution in [3.63, 3.8) is 0 Å². The van der Waals surface area contributed by atoms with Crippen LogP contribution in [0.2, 0.25) is 0 Å². The molecule has 2 aliphatic heterocycles. The van der Waals surface area contributed by atoms with Crippen molar-refractivity contribution in [2.45, 2.75) is 24.9 Å². The van der Waals surface area contributed by atoms with E-state index in [4.69, 9.17) is 0 Å². The number of fused-ring (bicyclic) bond motifs is 1. The van der Waals surface area contributed by atoms with Gasteiger partial charge in [0, 0.05) is 25.0 Å². The van der Waals surface area contributed by atoms with Crippen LogP contribution in [0.15, 0.2) is 52.5 Å². The number of rotatable bonds is 4. The number of thioether (sulfide) groups is 1. The lowest BCUT2D eigenvalue weighted by atomic mass is 10.0. The van der Waals surface area contributed by atoms with Crippen LogP contribution in [-0.4, -0.2) is 63.1 Å². The summed E-state index contributed by atoms with van der Waals surface area (Å²) in [4.78, 5) is 18.9. The van der Waals surface area contributed by atoms with E-state index in [0.717, 1.165) is 6.07 Å². The fourth-order valence-electron chi connectivity index (χ4n) is 4.49. The molecular formula is C25H21F6N5O2S. The molecule has 0 bridgehead atoms. The van der Waals surface area contributed by atoms with Gasteiger partial charge >= 0.3 is 12.4 Å². The maximum absolute atomic E-state index is 13.6. The molecule has 7 nitrogen and oxygen atoms in total. The summed E-state index contributed by atoms with van der Waals surface area (Å²) >= 11 is 1.20. The van der Waals surface area contributed by atoms with Crippen LogP contribution in [-0.2, 0) is 23.7 Å². The zero-order valence-electron chi connectivity index (χ0n) is 20.1. The zero-order chi connectivity index (χ0) is 27.9. The van der Waals surface area contributed by atoms with Crippen LogP contribution >= 0.6 is 11.8 Å². The maximum atomic E-state index is 13.6. The van der Waals surface area contributed by atoms with Gasteiger partial charge in [-0.05, 0) is 53.2 Å². The molecule has 1 fully saturated rings. The minimum absolute atomic E-state index is 0.0859. The van der Waals surface area contributed by atoms with Crippen LogP contribution in [0, 0.1) is 0 Å². The number of benzene rings is 2. The van der Waals surface area contributed by atoms with Crippen LogP contribution < -0.4 is 5.32 Å². The highest BCUT2D eigenvalue weighted by Crippen LogP contribution is 2.38. The van der Waals surface area contributed by atoms with Crippen LogP contribution in [0.25, 0.3) is 17.0 Å². The van der Waals surface area contributed by atoms with E-state index >= 15 is 0 Å². The maximum Gasteiger partial charge on any atom is 0.416 e. The first-order valence-electron chi connectivity index (χ1n) is 11.8. The molecule has 0 radical (unpaired) electrons. The Morgan fingerprint density at radius 1 is 1.10 bits per heavy atom. The minimum atomic E-state index is -4.98. The summed E-state index contributed by atoms with van der Waals surface area (Å²) in [5, 5.41) is 18.0. The topological polar surface area (TPSA) is 82.8 Å². The first-order chi connectivity index (χ1) is 18.4. The molecule has 39 heavy (non-hydrogen) atoms. The number of aromatic nitrogens is 2. The molecule has 2 N–H and O–H groups in total. The summed E-state index contributed by atoms with van der Waals surface area (Å²) in [6, 6.07) is 6.35. The number of carbonyl (C=O) groups is 1. The highest BCUT2D eigenvalue weighted by atomic mass is 32.2. The van der Waals surface area contributed by atoms with Gasteiger partial charge < -0.3 is 15.3 Å². The van der Waals surface area contributed by atoms with Gasteiger partial charge in [-0.15, -0.1) is 0 Å². The third kappa shape index (κ3) is 5.68. The zero-order valence-corrected chi connectivity index (χ0v) is 20.9. The Morgan fingerprint density at radius 2 is 1.90 bits per heavy atom. The van der Waals surface area contributed by atoms with Crippen molar-refractivity contribution in [2.75, 3.05) is 26.2 Å². The third-order valence-electron chi connectivity index (χ3n) is 6.44. The van der Waals surface area contributed by atoms with Gasteiger partial charge in [-0.1, -0.05) is 12.1 Å². The van der Waals surface area contributed by atoms with E-state index in [-0.39, 0.29) is 30.8 Å². The summed E-state index contributed by atoms with van der Waals surface area (Å²) in [5.41, 5.74) is -1.99. The Morgan fingerprint density at radius 3 is 2.62 bits per heavy atom. The largest absolute Gasteiger partial charge is 0.416 e. The number of aliphatic hydroxyl groups excluding tert-OH is 1. The van der Waals surface area contributed by atoms with Crippen LogP contribution in [0.4, 0.5) is 26.3 Å². The van der Waals surface area contributed by atoms with Gasteiger partial charge in [-0.25, -0.2) is 0 Å². The number of nitrogens with one attached hydrogen (secondary N) is 1. The molecule has 1 amide bonds. The Labute approximate surface area is 222 Å². The summed E-state index contributed by atoms with van der Waals surface area (Å²) in [6.07, 6.45) is -6.80. The van der Waals surface area contributed by atoms with Crippen molar-refractivity contribution >= 4 is 39.8 Å². The fraction of sp³-hybridized carbons (Fsp3) is 0.320. The number of hydrogen-bond acceptors (Lipinski definition) is 6. The average Bonchev–Trinajstić information content (AvgIpc) is 3.45. The predicted molar refractivity (Wildman–Crippen MR) is 134 cm³/mol. The van der Waals surface area contributed by atoms with E-state index in [1.807, 2.05) is 4.90 Å². The molecule has 3 aromatic rings. The molecule has 1 unspecified atom stereocenters. The monoisotopic (exact) mass is 569 g/mol. The molecule has 1 saturated heterocycles. The van der Waals surface area contributed by atoms with Gasteiger partial charge in [0.25, 0.3) is 5.91 Å². The van der Waals surface area contributed by atoms with E-state index in [1.54, 1.807) is 24.3 Å². The molecule has 0 saturated carbocycles. The van der Waals surface area contributed by atoms with Crippen molar-refractivity contribution in [3.8, 4) is 0 Å². The number of halogens is 6. The normalized spacial score (nSPS) is 19.8. The SMILES string of the molecule is O=C1N=C(N2CCNCC2CO)SC1=Cc1ccc2c(cnn2Cc2ccc(C(F)(F)F)cc2C(F)(F)F)c1. The number of aliphatic imine (C=N–C) groups is 1. The number of carbonyl (C=O) groups excluding carboxylic acids is 1. The smallest absolute Gasteiger partial charge is 0.394 e. The van der Waals surface area contributed by atoms with E-state index in [1.165, 1.54) is 22.6 Å². The van der Waals surface area contributed by atoms with Crippen LogP contribution in [0.5, 0.6) is 0 Å². The molecule has 14 heteroatoms. The van der Waals surface area contributed by atoms with Crippen molar-refractivity contribution < 1.29 is 36.2 Å². The Hall–Kier alpha value is -3.36. The van der Waals surface area contributed by atoms with E-state index in [2.05, 4.69) is 15.4 Å². The Balaban J connectivity index is 1.38. The quantitative estimate of drug-likeness (QED) is 0.359. The summed E-state index contributed by atoms with van der Waals surface area (Å²) in [6.45, 7) is 1.39. The van der Waals surface area contributed by atoms with Crippen molar-refractivity contribution in [1.82, 2.24) is 20.0 Å². The Kier molecular flexibility index (Phi) is 7.20.